The molecule has 0 aliphatic carbocycles. The summed E-state index contributed by atoms with van der Waals surface area (Å²) in [5.74, 6) is 0.607. The summed E-state index contributed by atoms with van der Waals surface area (Å²) in [6.07, 6.45) is 3.20. The lowest BCUT2D eigenvalue weighted by Crippen LogP contribution is -2.40. The number of hydrogen-bond acceptors (Lipinski definition) is 1. The fourth-order valence-corrected chi connectivity index (χ4v) is 2.36. The van der Waals surface area contributed by atoms with Gasteiger partial charge in [-0.25, -0.2) is 0 Å². The van der Waals surface area contributed by atoms with Crippen LogP contribution in [0.25, 0.3) is 0 Å². The first kappa shape index (κ1) is 11.2. The van der Waals surface area contributed by atoms with Crippen molar-refractivity contribution in [3.8, 4) is 0 Å². The molecule has 2 nitrogen and oxygen atoms in total. The van der Waals surface area contributed by atoms with Crippen LogP contribution in [0, 0.1) is 5.92 Å². The van der Waals surface area contributed by atoms with Gasteiger partial charge in [-0.2, -0.15) is 0 Å². The maximum Gasteiger partial charge on any atom is 0.225 e. The molecule has 0 spiro atoms. The standard InChI is InChI=1S/C14H19NO/c1-2-13-9-6-10-15(14(13)16)11-12-7-4-3-5-8-12/h3-5,7-8,13H,2,6,9-11H2,1H3. The maximum atomic E-state index is 12.1. The summed E-state index contributed by atoms with van der Waals surface area (Å²) in [7, 11) is 0. The molecular formula is C14H19NO. The molecule has 0 aromatic heterocycles. The average molecular weight is 217 g/mol. The van der Waals surface area contributed by atoms with Gasteiger partial charge in [0.2, 0.25) is 5.91 Å². The summed E-state index contributed by atoms with van der Waals surface area (Å²) in [6, 6.07) is 10.2. The third-order valence-electron chi connectivity index (χ3n) is 3.35. The molecule has 1 amide bonds. The molecule has 1 fully saturated rings. The van der Waals surface area contributed by atoms with E-state index in [1.807, 2.05) is 23.1 Å². The summed E-state index contributed by atoms with van der Waals surface area (Å²) in [5.41, 5.74) is 1.23. The Kier molecular flexibility index (Phi) is 3.60. The minimum atomic E-state index is 0.262. The third kappa shape index (κ3) is 2.43. The van der Waals surface area contributed by atoms with Crippen molar-refractivity contribution in [1.29, 1.82) is 0 Å². The molecule has 1 aliphatic heterocycles. The molecule has 1 saturated heterocycles. The van der Waals surface area contributed by atoms with E-state index in [1.165, 1.54) is 5.56 Å². The Bertz CT molecular complexity index is 347. The van der Waals surface area contributed by atoms with Crippen molar-refractivity contribution in [3.05, 3.63) is 35.9 Å². The van der Waals surface area contributed by atoms with Crippen molar-refractivity contribution < 1.29 is 4.79 Å². The molecule has 86 valence electrons. The number of rotatable bonds is 3. The fourth-order valence-electron chi connectivity index (χ4n) is 2.36. The Morgan fingerprint density at radius 2 is 2.06 bits per heavy atom. The van der Waals surface area contributed by atoms with E-state index >= 15 is 0 Å². The number of likely N-dealkylation sites (tertiary alicyclic amines) is 1. The lowest BCUT2D eigenvalue weighted by molar-refractivity contribution is -0.139. The van der Waals surface area contributed by atoms with Gasteiger partial charge in [0.1, 0.15) is 0 Å². The van der Waals surface area contributed by atoms with Crippen LogP contribution in [0.15, 0.2) is 30.3 Å². The van der Waals surface area contributed by atoms with Crippen LogP contribution in [0.5, 0.6) is 0 Å². The monoisotopic (exact) mass is 217 g/mol. The van der Waals surface area contributed by atoms with Gasteiger partial charge >= 0.3 is 0 Å². The van der Waals surface area contributed by atoms with Crippen molar-refractivity contribution >= 4 is 5.91 Å². The Balaban J connectivity index is 2.02. The van der Waals surface area contributed by atoms with Gasteiger partial charge in [0.25, 0.3) is 0 Å². The highest BCUT2D eigenvalue weighted by atomic mass is 16.2. The van der Waals surface area contributed by atoms with E-state index in [1.54, 1.807) is 0 Å². The van der Waals surface area contributed by atoms with Crippen LogP contribution in [0.2, 0.25) is 0 Å². The number of amides is 1. The second kappa shape index (κ2) is 5.15. The zero-order chi connectivity index (χ0) is 11.4. The first-order chi connectivity index (χ1) is 7.81. The summed E-state index contributed by atoms with van der Waals surface area (Å²) < 4.78 is 0. The van der Waals surface area contributed by atoms with Gasteiger partial charge in [0, 0.05) is 19.0 Å². The zero-order valence-electron chi connectivity index (χ0n) is 9.86. The van der Waals surface area contributed by atoms with E-state index in [-0.39, 0.29) is 5.92 Å². The molecule has 1 unspecified atom stereocenters. The number of hydrogen-bond donors (Lipinski definition) is 0. The zero-order valence-corrected chi connectivity index (χ0v) is 9.86. The van der Waals surface area contributed by atoms with Crippen LogP contribution in [-0.4, -0.2) is 17.4 Å². The predicted molar refractivity (Wildman–Crippen MR) is 64.9 cm³/mol. The van der Waals surface area contributed by atoms with Crippen LogP contribution >= 0.6 is 0 Å². The molecule has 0 bridgehead atoms. The van der Waals surface area contributed by atoms with Gasteiger partial charge in [-0.1, -0.05) is 37.3 Å². The molecule has 1 heterocycles. The Hall–Kier alpha value is -1.31. The molecule has 0 N–H and O–H groups in total. The number of nitrogens with zero attached hydrogens (tertiary/aromatic N) is 1. The van der Waals surface area contributed by atoms with Gasteiger partial charge in [-0.05, 0) is 24.8 Å². The van der Waals surface area contributed by atoms with E-state index in [0.717, 1.165) is 32.4 Å². The van der Waals surface area contributed by atoms with Crippen molar-refractivity contribution in [3.63, 3.8) is 0 Å². The second-order valence-electron chi connectivity index (χ2n) is 4.49. The van der Waals surface area contributed by atoms with Gasteiger partial charge in [-0.15, -0.1) is 0 Å². The summed E-state index contributed by atoms with van der Waals surface area (Å²) >= 11 is 0. The Morgan fingerprint density at radius 1 is 1.31 bits per heavy atom. The average Bonchev–Trinajstić information content (AvgIpc) is 2.33. The minimum Gasteiger partial charge on any atom is -0.338 e. The van der Waals surface area contributed by atoms with Gasteiger partial charge in [-0.3, -0.25) is 4.79 Å². The normalized spacial score (nSPS) is 21.2. The number of carbonyl (C=O) groups excluding carboxylic acids is 1. The van der Waals surface area contributed by atoms with Crippen LogP contribution in [0.3, 0.4) is 0 Å². The van der Waals surface area contributed by atoms with E-state index in [4.69, 9.17) is 0 Å². The molecule has 1 atom stereocenters. The quantitative estimate of drug-likeness (QED) is 0.762. The largest absolute Gasteiger partial charge is 0.338 e. The summed E-state index contributed by atoms with van der Waals surface area (Å²) in [6.45, 7) is 3.80. The molecule has 1 aromatic carbocycles. The highest BCUT2D eigenvalue weighted by Gasteiger charge is 2.26. The first-order valence-electron chi connectivity index (χ1n) is 6.14. The molecule has 1 aromatic rings. The predicted octanol–water partition coefficient (Wildman–Crippen LogP) is 2.84. The van der Waals surface area contributed by atoms with Crippen molar-refractivity contribution in [2.45, 2.75) is 32.7 Å². The van der Waals surface area contributed by atoms with Gasteiger partial charge in [0.05, 0.1) is 0 Å². The smallest absolute Gasteiger partial charge is 0.225 e. The van der Waals surface area contributed by atoms with Crippen molar-refractivity contribution in [1.82, 2.24) is 4.90 Å². The SMILES string of the molecule is CCC1CCCN(Cc2ccccc2)C1=O. The molecule has 2 heteroatoms. The second-order valence-corrected chi connectivity index (χ2v) is 4.49. The molecule has 2 rings (SSSR count). The molecule has 0 radical (unpaired) electrons. The van der Waals surface area contributed by atoms with Crippen molar-refractivity contribution in [2.24, 2.45) is 5.92 Å². The highest BCUT2D eigenvalue weighted by Crippen LogP contribution is 2.22. The van der Waals surface area contributed by atoms with Gasteiger partial charge in [0.15, 0.2) is 0 Å². The van der Waals surface area contributed by atoms with E-state index in [0.29, 0.717) is 5.91 Å². The summed E-state index contributed by atoms with van der Waals surface area (Å²) in [5, 5.41) is 0. The lowest BCUT2D eigenvalue weighted by atomic mass is 9.94. The summed E-state index contributed by atoms with van der Waals surface area (Å²) in [4.78, 5) is 14.1. The molecule has 0 saturated carbocycles. The molecule has 1 aliphatic rings. The topological polar surface area (TPSA) is 20.3 Å². The first-order valence-corrected chi connectivity index (χ1v) is 6.14. The van der Waals surface area contributed by atoms with Crippen LogP contribution in [0.4, 0.5) is 0 Å². The lowest BCUT2D eigenvalue weighted by Gasteiger charge is -2.31. The van der Waals surface area contributed by atoms with Crippen LogP contribution < -0.4 is 0 Å². The molecule has 16 heavy (non-hydrogen) atoms. The Morgan fingerprint density at radius 3 is 2.75 bits per heavy atom. The Labute approximate surface area is 97.3 Å². The van der Waals surface area contributed by atoms with E-state index in [2.05, 4.69) is 19.1 Å². The van der Waals surface area contributed by atoms with E-state index in [9.17, 15) is 4.79 Å². The number of carbonyl (C=O) groups is 1. The highest BCUT2D eigenvalue weighted by molar-refractivity contribution is 5.79. The third-order valence-corrected chi connectivity index (χ3v) is 3.35. The van der Waals surface area contributed by atoms with Crippen LogP contribution in [-0.2, 0) is 11.3 Å². The van der Waals surface area contributed by atoms with Crippen LogP contribution in [0.1, 0.15) is 31.7 Å². The number of benzene rings is 1. The minimum absolute atomic E-state index is 0.262. The maximum absolute atomic E-state index is 12.1. The van der Waals surface area contributed by atoms with Crippen molar-refractivity contribution in [2.75, 3.05) is 6.54 Å². The van der Waals surface area contributed by atoms with E-state index < -0.39 is 0 Å². The molecular weight excluding hydrogens is 198 g/mol. The fraction of sp³-hybridized carbons (Fsp3) is 0.500. The number of piperidine rings is 1. The van der Waals surface area contributed by atoms with Gasteiger partial charge < -0.3 is 4.90 Å².